The molecule has 84 valence electrons. The maximum absolute atomic E-state index is 12.1. The summed E-state index contributed by atoms with van der Waals surface area (Å²) in [6.45, 7) is 0.832. The standard InChI is InChI=1S/C5H6Cl2F3O3P/c1-2-12-14(11,5(8,9)10)13-3-4(6)7/h3H,2H2,1H3. The quantitative estimate of drug-likeness (QED) is 0.573. The van der Waals surface area contributed by atoms with Crippen LogP contribution in [-0.4, -0.2) is 12.5 Å². The Balaban J connectivity index is 4.75. The third-order valence-corrected chi connectivity index (χ3v) is 2.67. The molecule has 0 aromatic carbocycles. The first kappa shape index (κ1) is 14.1. The molecule has 0 saturated carbocycles. The van der Waals surface area contributed by atoms with Crippen LogP contribution in [0.5, 0.6) is 0 Å². The summed E-state index contributed by atoms with van der Waals surface area (Å²) >= 11 is 9.98. The smallest absolute Gasteiger partial charge is 0.424 e. The zero-order valence-corrected chi connectivity index (χ0v) is 9.25. The zero-order chi connectivity index (χ0) is 11.4. The first-order valence-corrected chi connectivity index (χ1v) is 5.53. The molecule has 3 nitrogen and oxygen atoms in total. The Morgan fingerprint density at radius 3 is 2.29 bits per heavy atom. The molecule has 0 aromatic heterocycles. The van der Waals surface area contributed by atoms with Crippen molar-refractivity contribution in [3.8, 4) is 0 Å². The lowest BCUT2D eigenvalue weighted by molar-refractivity contribution is -0.0709. The van der Waals surface area contributed by atoms with Crippen LogP contribution in [0.25, 0.3) is 0 Å². The van der Waals surface area contributed by atoms with Gasteiger partial charge in [-0.3, -0.25) is 4.52 Å². The minimum absolute atomic E-state index is 0.313. The molecule has 0 amide bonds. The second kappa shape index (κ2) is 5.26. The fourth-order valence-electron chi connectivity index (χ4n) is 0.443. The van der Waals surface area contributed by atoms with Crippen LogP contribution in [0.4, 0.5) is 13.2 Å². The van der Waals surface area contributed by atoms with Crippen molar-refractivity contribution in [3.63, 3.8) is 0 Å². The van der Waals surface area contributed by atoms with Gasteiger partial charge in [-0.05, 0) is 6.92 Å². The molecule has 0 spiro atoms. The Hall–Kier alpha value is 0.1000. The number of halogens is 5. The normalized spacial score (nSPS) is 15.9. The average molecular weight is 273 g/mol. The van der Waals surface area contributed by atoms with E-state index in [1.165, 1.54) is 6.92 Å². The van der Waals surface area contributed by atoms with Crippen LogP contribution in [0.3, 0.4) is 0 Å². The minimum Gasteiger partial charge on any atom is -0.424 e. The van der Waals surface area contributed by atoms with E-state index in [1.54, 1.807) is 0 Å². The molecule has 1 atom stereocenters. The molecule has 0 bridgehead atoms. The number of rotatable bonds is 4. The molecular formula is C5H6Cl2F3O3P. The van der Waals surface area contributed by atoms with Gasteiger partial charge in [0.25, 0.3) is 0 Å². The van der Waals surface area contributed by atoms with Gasteiger partial charge in [-0.1, -0.05) is 23.2 Å². The van der Waals surface area contributed by atoms with Gasteiger partial charge in [0.05, 0.1) is 6.61 Å². The molecule has 0 rings (SSSR count). The summed E-state index contributed by atoms with van der Waals surface area (Å²) in [4.78, 5) is 0. The number of hydrogen-bond acceptors (Lipinski definition) is 3. The molecule has 0 aliphatic carbocycles. The maximum atomic E-state index is 12.1. The highest BCUT2D eigenvalue weighted by atomic mass is 35.5. The summed E-state index contributed by atoms with van der Waals surface area (Å²) in [6.07, 6.45) is 0.313. The molecule has 0 heterocycles. The molecule has 0 radical (unpaired) electrons. The molecule has 0 aliphatic heterocycles. The minimum atomic E-state index is -5.20. The van der Waals surface area contributed by atoms with Gasteiger partial charge in [0.1, 0.15) is 10.8 Å². The van der Waals surface area contributed by atoms with E-state index in [2.05, 4.69) is 9.05 Å². The van der Waals surface area contributed by atoms with Crippen molar-refractivity contribution in [2.75, 3.05) is 6.61 Å². The van der Waals surface area contributed by atoms with E-state index in [0.29, 0.717) is 6.26 Å². The Morgan fingerprint density at radius 2 is 2.00 bits per heavy atom. The first-order valence-electron chi connectivity index (χ1n) is 3.24. The van der Waals surface area contributed by atoms with Crippen molar-refractivity contribution < 1.29 is 26.8 Å². The van der Waals surface area contributed by atoms with Crippen LogP contribution in [0, 0.1) is 0 Å². The topological polar surface area (TPSA) is 35.5 Å². The first-order chi connectivity index (χ1) is 6.23. The van der Waals surface area contributed by atoms with Crippen molar-refractivity contribution in [2.45, 2.75) is 12.8 Å². The summed E-state index contributed by atoms with van der Waals surface area (Å²) in [6, 6.07) is 0. The molecule has 0 aliphatic rings. The summed E-state index contributed by atoms with van der Waals surface area (Å²) in [7, 11) is -5.20. The van der Waals surface area contributed by atoms with Gasteiger partial charge in [-0.25, -0.2) is 4.57 Å². The molecule has 0 aromatic rings. The van der Waals surface area contributed by atoms with Gasteiger partial charge in [0, 0.05) is 0 Å². The van der Waals surface area contributed by atoms with Crippen LogP contribution in [0.2, 0.25) is 0 Å². The third kappa shape index (κ3) is 4.09. The highest BCUT2D eigenvalue weighted by molar-refractivity contribution is 7.55. The highest BCUT2D eigenvalue weighted by Gasteiger charge is 2.56. The van der Waals surface area contributed by atoms with Crippen molar-refractivity contribution in [2.24, 2.45) is 0 Å². The largest absolute Gasteiger partial charge is 0.506 e. The van der Waals surface area contributed by atoms with Gasteiger partial charge >= 0.3 is 13.5 Å². The number of hydrogen-bond donors (Lipinski definition) is 0. The SMILES string of the molecule is CCOP(=O)(OC=C(Cl)Cl)C(F)(F)F. The Morgan fingerprint density at radius 1 is 1.50 bits per heavy atom. The predicted octanol–water partition coefficient (Wildman–Crippen LogP) is 4.03. The summed E-state index contributed by atoms with van der Waals surface area (Å²) in [5, 5.41) is 0. The predicted molar refractivity (Wildman–Crippen MR) is 46.2 cm³/mol. The van der Waals surface area contributed by atoms with E-state index in [0.717, 1.165) is 0 Å². The summed E-state index contributed by atoms with van der Waals surface area (Å²) in [5.74, 6) is -5.11. The monoisotopic (exact) mass is 272 g/mol. The lowest BCUT2D eigenvalue weighted by Crippen LogP contribution is -2.12. The van der Waals surface area contributed by atoms with E-state index < -0.39 is 24.6 Å². The molecule has 1 unspecified atom stereocenters. The fourth-order valence-corrected chi connectivity index (χ4v) is 1.57. The van der Waals surface area contributed by atoms with Gasteiger partial charge in [-0.15, -0.1) is 0 Å². The highest BCUT2D eigenvalue weighted by Crippen LogP contribution is 2.62. The summed E-state index contributed by atoms with van der Waals surface area (Å²) in [5.41, 5.74) is 0. The lowest BCUT2D eigenvalue weighted by Gasteiger charge is -2.18. The van der Waals surface area contributed by atoms with E-state index in [4.69, 9.17) is 23.2 Å². The van der Waals surface area contributed by atoms with E-state index in [1.807, 2.05) is 0 Å². The van der Waals surface area contributed by atoms with Crippen LogP contribution in [-0.2, 0) is 13.6 Å². The second-order valence-corrected chi connectivity index (χ2v) is 4.87. The van der Waals surface area contributed by atoms with Crippen molar-refractivity contribution >= 4 is 30.8 Å². The van der Waals surface area contributed by atoms with E-state index >= 15 is 0 Å². The van der Waals surface area contributed by atoms with E-state index in [9.17, 15) is 17.7 Å². The summed E-state index contributed by atoms with van der Waals surface area (Å²) < 4.78 is 54.6. The van der Waals surface area contributed by atoms with Gasteiger partial charge in [-0.2, -0.15) is 13.2 Å². The Labute approximate surface area is 88.3 Å². The van der Waals surface area contributed by atoms with Gasteiger partial charge in [0.2, 0.25) is 0 Å². The second-order valence-electron chi connectivity index (χ2n) is 1.90. The molecule has 0 N–H and O–H groups in total. The Bertz CT molecular complexity index is 261. The van der Waals surface area contributed by atoms with Gasteiger partial charge < -0.3 is 4.52 Å². The van der Waals surface area contributed by atoms with Crippen molar-refractivity contribution in [1.82, 2.24) is 0 Å². The molecular weight excluding hydrogens is 267 g/mol. The molecule has 0 fully saturated rings. The van der Waals surface area contributed by atoms with Crippen LogP contribution in [0.1, 0.15) is 6.92 Å². The third-order valence-electron chi connectivity index (χ3n) is 0.890. The van der Waals surface area contributed by atoms with Crippen LogP contribution >= 0.6 is 30.8 Å². The van der Waals surface area contributed by atoms with Crippen molar-refractivity contribution in [3.05, 3.63) is 10.8 Å². The van der Waals surface area contributed by atoms with Crippen molar-refractivity contribution in [1.29, 1.82) is 0 Å². The maximum Gasteiger partial charge on any atom is 0.506 e. The average Bonchev–Trinajstić information content (AvgIpc) is 1.99. The van der Waals surface area contributed by atoms with Gasteiger partial charge in [0.15, 0.2) is 0 Å². The fraction of sp³-hybridized carbons (Fsp3) is 0.600. The molecule has 9 heteroatoms. The lowest BCUT2D eigenvalue weighted by atomic mass is 10.9. The van der Waals surface area contributed by atoms with Crippen LogP contribution < -0.4 is 0 Å². The molecule has 14 heavy (non-hydrogen) atoms. The van der Waals surface area contributed by atoms with E-state index in [-0.39, 0.29) is 0 Å². The zero-order valence-electron chi connectivity index (χ0n) is 6.85. The van der Waals surface area contributed by atoms with Crippen LogP contribution in [0.15, 0.2) is 10.8 Å². The number of alkyl halides is 3. The Kier molecular flexibility index (Phi) is 5.30. The molecule has 0 saturated heterocycles.